The van der Waals surface area contributed by atoms with E-state index < -0.39 is 0 Å². The third-order valence-corrected chi connectivity index (χ3v) is 10.0. The fraction of sp³-hybridized carbons (Fsp3) is 0.0833. The topological polar surface area (TPSA) is 9.86 Å². The molecule has 2 heterocycles. The molecule has 0 aliphatic heterocycles. The molecule has 2 aromatic heterocycles. The second kappa shape index (κ2) is 13.1. The maximum absolute atomic E-state index is 3.97. The summed E-state index contributed by atoms with van der Waals surface area (Å²) in [6, 6.07) is 44.4. The molecule has 8 aromatic rings. The van der Waals surface area contributed by atoms with Crippen LogP contribution in [0.5, 0.6) is 0 Å². The average Bonchev–Trinajstić information content (AvgIpc) is 3.66. The molecule has 0 aliphatic carbocycles. The lowest BCUT2D eigenvalue weighted by Gasteiger charge is -2.04. The van der Waals surface area contributed by atoms with Crippen molar-refractivity contribution in [1.82, 2.24) is 9.13 Å². The molecule has 2 nitrogen and oxygen atoms in total. The predicted molar refractivity (Wildman–Crippen MR) is 220 cm³/mol. The van der Waals surface area contributed by atoms with Gasteiger partial charge in [-0.25, -0.2) is 0 Å². The van der Waals surface area contributed by atoms with Crippen molar-refractivity contribution in [3.63, 3.8) is 0 Å². The molecule has 242 valence electrons. The minimum absolute atomic E-state index is 0.940. The van der Waals surface area contributed by atoms with Gasteiger partial charge in [0.2, 0.25) is 0 Å². The first kappa shape index (κ1) is 31.2. The zero-order valence-electron chi connectivity index (χ0n) is 28.7. The highest BCUT2D eigenvalue weighted by Crippen LogP contribution is 2.33. The Morgan fingerprint density at radius 1 is 0.380 bits per heavy atom. The number of nitrogens with zero attached hydrogens (tertiary/aromatic N) is 2. The molecule has 0 bridgehead atoms. The molecule has 0 saturated carbocycles. The summed E-state index contributed by atoms with van der Waals surface area (Å²) >= 11 is 0. The standard InChI is InChI=1S/C48H40N2/c1-5-33-17-25-45-41(29-33)43-31-37(19-27-47(43)49(45)7-3)11-9-35-13-21-39(22-14-35)40-23-15-36(16-24-40)10-12-38-20-28-48-44(32-38)42-30-34(6-2)18-26-46(42)50(48)8-4/h5-6,9-32H,1-2,7-8H2,3-4H3. The number of benzene rings is 6. The number of fused-ring (bicyclic) bond motifs is 6. The molecule has 0 amide bonds. The Kier molecular flexibility index (Phi) is 8.14. The molecule has 0 radical (unpaired) electrons. The summed E-state index contributed by atoms with van der Waals surface area (Å²) in [5.74, 6) is 0. The highest BCUT2D eigenvalue weighted by Gasteiger charge is 2.12. The van der Waals surface area contributed by atoms with Gasteiger partial charge >= 0.3 is 0 Å². The molecule has 6 aromatic carbocycles. The summed E-state index contributed by atoms with van der Waals surface area (Å²) in [6.07, 6.45) is 12.6. The zero-order chi connectivity index (χ0) is 34.2. The summed E-state index contributed by atoms with van der Waals surface area (Å²) in [5.41, 5.74) is 14.5. The molecule has 0 spiro atoms. The third kappa shape index (κ3) is 5.59. The van der Waals surface area contributed by atoms with Crippen LogP contribution in [0.2, 0.25) is 0 Å². The Morgan fingerprint density at radius 2 is 0.660 bits per heavy atom. The van der Waals surface area contributed by atoms with Gasteiger partial charge in [0.05, 0.1) is 0 Å². The van der Waals surface area contributed by atoms with Crippen molar-refractivity contribution in [2.45, 2.75) is 26.9 Å². The Bertz CT molecular complexity index is 2430. The quantitative estimate of drug-likeness (QED) is 0.138. The highest BCUT2D eigenvalue weighted by atomic mass is 15.0. The van der Waals surface area contributed by atoms with Crippen molar-refractivity contribution in [2.24, 2.45) is 0 Å². The van der Waals surface area contributed by atoms with E-state index >= 15 is 0 Å². The van der Waals surface area contributed by atoms with Crippen LogP contribution in [0.4, 0.5) is 0 Å². The molecular formula is C48H40N2. The van der Waals surface area contributed by atoms with E-state index in [0.29, 0.717) is 0 Å². The molecule has 0 N–H and O–H groups in total. The summed E-state index contributed by atoms with van der Waals surface area (Å²) in [5, 5.41) is 5.12. The van der Waals surface area contributed by atoms with Crippen LogP contribution in [-0.2, 0) is 13.1 Å². The normalized spacial score (nSPS) is 12.0. The Labute approximate surface area is 294 Å². The first-order valence-corrected chi connectivity index (χ1v) is 17.5. The molecule has 0 unspecified atom stereocenters. The minimum Gasteiger partial charge on any atom is -0.341 e. The molecule has 50 heavy (non-hydrogen) atoms. The maximum atomic E-state index is 3.97. The Morgan fingerprint density at radius 3 is 0.980 bits per heavy atom. The van der Waals surface area contributed by atoms with Crippen LogP contribution in [0.1, 0.15) is 47.2 Å². The van der Waals surface area contributed by atoms with Crippen molar-refractivity contribution < 1.29 is 0 Å². The van der Waals surface area contributed by atoms with E-state index in [4.69, 9.17) is 0 Å². The van der Waals surface area contributed by atoms with Crippen molar-refractivity contribution in [2.75, 3.05) is 0 Å². The first-order valence-electron chi connectivity index (χ1n) is 17.5. The van der Waals surface area contributed by atoms with Gasteiger partial charge in [-0.2, -0.15) is 0 Å². The second-order valence-corrected chi connectivity index (χ2v) is 12.9. The molecule has 0 saturated heterocycles. The van der Waals surface area contributed by atoms with Crippen molar-refractivity contribution in [3.8, 4) is 11.1 Å². The highest BCUT2D eigenvalue weighted by molar-refractivity contribution is 6.10. The van der Waals surface area contributed by atoms with Gasteiger partial charge in [0.25, 0.3) is 0 Å². The Balaban J connectivity index is 0.988. The van der Waals surface area contributed by atoms with Gasteiger partial charge in [-0.1, -0.05) is 122 Å². The van der Waals surface area contributed by atoms with Crippen LogP contribution in [0.25, 0.3) is 91.2 Å². The fourth-order valence-corrected chi connectivity index (χ4v) is 7.38. The van der Waals surface area contributed by atoms with Crippen LogP contribution in [0.3, 0.4) is 0 Å². The lowest BCUT2D eigenvalue weighted by atomic mass is 10.0. The molecular weight excluding hydrogens is 605 g/mol. The van der Waals surface area contributed by atoms with Crippen molar-refractivity contribution in [3.05, 3.63) is 168 Å². The third-order valence-electron chi connectivity index (χ3n) is 10.0. The van der Waals surface area contributed by atoms with Crippen LogP contribution < -0.4 is 0 Å². The smallest absolute Gasteiger partial charge is 0.0491 e. The maximum Gasteiger partial charge on any atom is 0.0491 e. The van der Waals surface area contributed by atoms with Crippen LogP contribution in [0.15, 0.2) is 134 Å². The molecule has 0 atom stereocenters. The minimum atomic E-state index is 0.940. The average molecular weight is 645 g/mol. The van der Waals surface area contributed by atoms with Crippen LogP contribution in [-0.4, -0.2) is 9.13 Å². The summed E-state index contributed by atoms with van der Waals surface area (Å²) in [4.78, 5) is 0. The molecule has 0 fully saturated rings. The van der Waals surface area contributed by atoms with E-state index in [2.05, 4.69) is 182 Å². The Hall–Kier alpha value is -6.12. The number of aromatic nitrogens is 2. The van der Waals surface area contributed by atoms with E-state index in [0.717, 1.165) is 24.2 Å². The number of rotatable bonds is 9. The van der Waals surface area contributed by atoms with E-state index in [9.17, 15) is 0 Å². The van der Waals surface area contributed by atoms with Gasteiger partial charge in [0.15, 0.2) is 0 Å². The predicted octanol–water partition coefficient (Wildman–Crippen LogP) is 13.2. The van der Waals surface area contributed by atoms with Gasteiger partial charge in [0, 0.05) is 56.7 Å². The lowest BCUT2D eigenvalue weighted by molar-refractivity contribution is 0.827. The SMILES string of the molecule is C=Cc1ccc2c(c1)c1cc(C=Cc3ccc(-c4ccc(C=Cc5ccc6c(c5)c5cc(C=C)ccc5n6CC)cc4)cc3)ccc1n2CC. The molecule has 2 heteroatoms. The monoisotopic (exact) mass is 644 g/mol. The van der Waals surface area contributed by atoms with E-state index in [1.54, 1.807) is 0 Å². The van der Waals surface area contributed by atoms with Gasteiger partial charge in [0.1, 0.15) is 0 Å². The summed E-state index contributed by atoms with van der Waals surface area (Å²) in [7, 11) is 0. The first-order chi connectivity index (χ1) is 24.6. The zero-order valence-corrected chi connectivity index (χ0v) is 28.7. The molecule has 8 rings (SSSR count). The van der Waals surface area contributed by atoms with Crippen molar-refractivity contribution >= 4 is 80.1 Å². The number of hydrogen-bond acceptors (Lipinski definition) is 0. The van der Waals surface area contributed by atoms with Crippen LogP contribution >= 0.6 is 0 Å². The van der Waals surface area contributed by atoms with Crippen molar-refractivity contribution in [1.29, 1.82) is 0 Å². The lowest BCUT2D eigenvalue weighted by Crippen LogP contribution is -1.92. The van der Waals surface area contributed by atoms with E-state index in [-0.39, 0.29) is 0 Å². The summed E-state index contributed by atoms with van der Waals surface area (Å²) < 4.78 is 4.78. The van der Waals surface area contributed by atoms with Crippen LogP contribution in [0, 0.1) is 0 Å². The van der Waals surface area contributed by atoms with E-state index in [1.165, 1.54) is 77.0 Å². The van der Waals surface area contributed by atoms with Gasteiger partial charge < -0.3 is 9.13 Å². The summed E-state index contributed by atoms with van der Waals surface area (Å²) in [6.45, 7) is 14.2. The van der Waals surface area contributed by atoms with Gasteiger partial charge in [-0.15, -0.1) is 0 Å². The van der Waals surface area contributed by atoms with Gasteiger partial charge in [-0.05, 0) is 107 Å². The number of aryl methyl sites for hydroxylation is 2. The largest absolute Gasteiger partial charge is 0.341 e. The fourth-order valence-electron chi connectivity index (χ4n) is 7.38. The second-order valence-electron chi connectivity index (χ2n) is 12.9. The number of hydrogen-bond donors (Lipinski definition) is 0. The molecule has 0 aliphatic rings. The van der Waals surface area contributed by atoms with E-state index in [1.807, 2.05) is 12.2 Å². The van der Waals surface area contributed by atoms with Gasteiger partial charge in [-0.3, -0.25) is 0 Å².